The topological polar surface area (TPSA) is 38.9 Å². The van der Waals surface area contributed by atoms with Gasteiger partial charge in [0.15, 0.2) is 5.58 Å². The van der Waals surface area contributed by atoms with Crippen LogP contribution in [0.15, 0.2) is 368 Å². The molecule has 4 spiro atoms. The molecule has 3 nitrogen and oxygen atoms in total. The van der Waals surface area contributed by atoms with E-state index >= 15 is 0 Å². The van der Waals surface area contributed by atoms with Crippen molar-refractivity contribution in [3.63, 3.8) is 0 Å². The molecule has 6 aliphatic carbocycles. The van der Waals surface area contributed by atoms with Crippen LogP contribution in [0.5, 0.6) is 0 Å². The van der Waals surface area contributed by atoms with Crippen LogP contribution in [0.3, 0.4) is 0 Å². The van der Waals surface area contributed by atoms with E-state index in [1.165, 1.54) is 138 Å². The molecule has 2 aromatic heterocycles. The summed E-state index contributed by atoms with van der Waals surface area (Å²) in [5.41, 5.74) is 40.0. The van der Waals surface area contributed by atoms with E-state index in [4.69, 9.17) is 14.4 Å². The smallest absolute Gasteiger partial charge is 0.227 e. The first-order chi connectivity index (χ1) is 52.5. The molecule has 0 aliphatic heterocycles. The third kappa shape index (κ3) is 7.27. The van der Waals surface area contributed by atoms with E-state index in [1.807, 2.05) is 0 Å². The zero-order valence-electron chi connectivity index (χ0n) is 57.4. The van der Waals surface area contributed by atoms with Crippen molar-refractivity contribution >= 4 is 32.7 Å². The summed E-state index contributed by atoms with van der Waals surface area (Å²) in [4.78, 5) is 10.4. The third-order valence-electron chi connectivity index (χ3n) is 25.0. The molecule has 0 saturated heterocycles. The molecule has 16 aromatic carbocycles. The van der Waals surface area contributed by atoms with Crippen molar-refractivity contribution in [2.24, 2.45) is 0 Å². The molecule has 0 atom stereocenters. The number of hydrogen-bond acceptors (Lipinski definition) is 4. The van der Waals surface area contributed by atoms with Crippen LogP contribution < -0.4 is 0 Å². The minimum absolute atomic E-state index is 0.568. The summed E-state index contributed by atoms with van der Waals surface area (Å²) < 4.78 is 8.32. The molecule has 4 heteroatoms. The maximum absolute atomic E-state index is 7.13. The van der Waals surface area contributed by atoms with E-state index < -0.39 is 21.7 Å². The van der Waals surface area contributed by atoms with E-state index in [0.29, 0.717) is 5.89 Å². The molecule has 2 heterocycles. The summed E-state index contributed by atoms with van der Waals surface area (Å²) in [7, 11) is 0. The van der Waals surface area contributed by atoms with Crippen molar-refractivity contribution < 1.29 is 4.42 Å². The van der Waals surface area contributed by atoms with Crippen LogP contribution in [0.2, 0.25) is 0 Å². The van der Waals surface area contributed by atoms with Gasteiger partial charge in [-0.15, -0.1) is 11.3 Å². The maximum atomic E-state index is 7.13. The minimum Gasteiger partial charge on any atom is -0.436 e. The number of aromatic nitrogens is 2. The Morgan fingerprint density at radius 2 is 0.575 bits per heavy atom. The van der Waals surface area contributed by atoms with Crippen LogP contribution in [0, 0.1) is 0 Å². The van der Waals surface area contributed by atoms with Crippen molar-refractivity contribution in [3.05, 3.63) is 453 Å². The van der Waals surface area contributed by atoms with Gasteiger partial charge in [0, 0.05) is 11.1 Å². The van der Waals surface area contributed by atoms with E-state index in [2.05, 4.69) is 364 Å². The Morgan fingerprint density at radius 1 is 0.208 bits per heavy atom. The van der Waals surface area contributed by atoms with Crippen LogP contribution in [-0.4, -0.2) is 9.97 Å². The van der Waals surface area contributed by atoms with Gasteiger partial charge in [-0.25, -0.2) is 9.97 Å². The van der Waals surface area contributed by atoms with Crippen LogP contribution >= 0.6 is 11.3 Å². The van der Waals surface area contributed by atoms with Gasteiger partial charge in [0.2, 0.25) is 5.89 Å². The number of rotatable bonds is 5. The van der Waals surface area contributed by atoms with Gasteiger partial charge in [0.05, 0.1) is 31.9 Å². The number of benzene rings is 16. The SMILES string of the molecule is c1cc(-c2ccc3c(c2)C2(c4ccccc4-c4ccccc42)c2ccccc2C32c3ccccc3-c3ccccc32)cc(-c2nc3ccc(-c4cccc5c4-c4ccc(-c6ccc(-c7nc8ccccc8s7)cc6)cc4C54c5ccccc5C5(c6ccccc6-c6ccccc65)c5ccccc54)cc3o2)c1. The van der Waals surface area contributed by atoms with Gasteiger partial charge in [-0.05, 0) is 215 Å². The van der Waals surface area contributed by atoms with Crippen LogP contribution in [0.4, 0.5) is 0 Å². The Kier molecular flexibility index (Phi) is 11.7. The van der Waals surface area contributed by atoms with Gasteiger partial charge in [-0.1, -0.05) is 315 Å². The van der Waals surface area contributed by atoms with Gasteiger partial charge in [-0.2, -0.15) is 0 Å². The summed E-state index contributed by atoms with van der Waals surface area (Å²) in [5, 5.41) is 1.03. The largest absolute Gasteiger partial charge is 0.436 e. The molecule has 0 fully saturated rings. The summed E-state index contributed by atoms with van der Waals surface area (Å²) in [5.74, 6) is 0.580. The lowest BCUT2D eigenvalue weighted by molar-refractivity contribution is 0.620. The maximum Gasteiger partial charge on any atom is 0.227 e. The van der Waals surface area contributed by atoms with E-state index in [-0.39, 0.29) is 0 Å². The highest BCUT2D eigenvalue weighted by Gasteiger charge is 2.61. The standard InChI is InChI=1S/C102H60N2OS/c1-7-32-76-69(25-1)70-26-2-8-33-77(70)99(76)83-39-14-17-42-86(83)102(87-43-18-15-40-84(87)99)89-44-22-31-68(96(89)75-54-51-64(58-90(75)102)61-47-49-62(50-48-61)98-104-93-45-19-20-46-95(93)106-98)66-53-56-92-94(60-66)105-97(103-92)67-24-21-23-63(57-67)65-52-55-88-91(59-65)101(80-36-11-5-29-73(80)74-30-6-12-37-81(74)101)85-41-16-13-38-82(85)100(88)78-34-9-3-27-71(78)72-28-4-10-35-79(72)100/h1-60H. The number of nitrogens with zero attached hydrogens (tertiary/aromatic N) is 2. The second-order valence-corrected chi connectivity index (χ2v) is 30.5. The molecule has 24 rings (SSSR count). The van der Waals surface area contributed by atoms with Gasteiger partial charge in [0.1, 0.15) is 10.5 Å². The fraction of sp³-hybridized carbons (Fsp3) is 0.0392. The minimum atomic E-state index is -0.721. The molecule has 0 N–H and O–H groups in total. The molecule has 0 unspecified atom stereocenters. The van der Waals surface area contributed by atoms with Crippen LogP contribution in [0.25, 0.3) is 121 Å². The number of thiazole rings is 1. The number of hydrogen-bond donors (Lipinski definition) is 0. The zero-order valence-corrected chi connectivity index (χ0v) is 58.2. The normalized spacial score (nSPS) is 14.9. The zero-order chi connectivity index (χ0) is 69.2. The van der Waals surface area contributed by atoms with Crippen molar-refractivity contribution in [1.29, 1.82) is 0 Å². The fourth-order valence-corrected chi connectivity index (χ4v) is 22.0. The Balaban J connectivity index is 0.667. The lowest BCUT2D eigenvalue weighted by Gasteiger charge is -2.49. The van der Waals surface area contributed by atoms with Gasteiger partial charge in [-0.3, -0.25) is 0 Å². The highest BCUT2D eigenvalue weighted by Crippen LogP contribution is 2.71. The molecule has 490 valence electrons. The average molecular weight is 1360 g/mol. The van der Waals surface area contributed by atoms with Crippen molar-refractivity contribution in [2.75, 3.05) is 0 Å². The molecule has 106 heavy (non-hydrogen) atoms. The van der Waals surface area contributed by atoms with E-state index in [1.54, 1.807) is 11.3 Å². The molecular formula is C102H60N2OS. The van der Waals surface area contributed by atoms with Crippen molar-refractivity contribution in [3.8, 4) is 99.9 Å². The molecular weight excluding hydrogens is 1300 g/mol. The molecule has 0 bridgehead atoms. The summed E-state index contributed by atoms with van der Waals surface area (Å²) in [6, 6.07) is 138. The van der Waals surface area contributed by atoms with Crippen molar-refractivity contribution in [1.82, 2.24) is 9.97 Å². The summed E-state index contributed by atoms with van der Waals surface area (Å²) in [6.45, 7) is 0. The summed E-state index contributed by atoms with van der Waals surface area (Å²) in [6.07, 6.45) is 0. The Labute approximate surface area is 617 Å². The van der Waals surface area contributed by atoms with Crippen LogP contribution in [0.1, 0.15) is 89.0 Å². The molecule has 0 radical (unpaired) electrons. The highest BCUT2D eigenvalue weighted by molar-refractivity contribution is 7.21. The second kappa shape index (κ2) is 21.3. The highest BCUT2D eigenvalue weighted by atomic mass is 32.1. The van der Waals surface area contributed by atoms with E-state index in [0.717, 1.165) is 66.1 Å². The van der Waals surface area contributed by atoms with Crippen LogP contribution in [-0.2, 0) is 21.7 Å². The van der Waals surface area contributed by atoms with Gasteiger partial charge < -0.3 is 4.42 Å². The first-order valence-corrected chi connectivity index (χ1v) is 37.7. The number of para-hydroxylation sites is 1. The monoisotopic (exact) mass is 1360 g/mol. The number of oxazole rings is 1. The van der Waals surface area contributed by atoms with Gasteiger partial charge >= 0.3 is 0 Å². The number of fused-ring (bicyclic) bond motifs is 34. The summed E-state index contributed by atoms with van der Waals surface area (Å²) >= 11 is 1.74. The molecule has 6 aliphatic rings. The third-order valence-corrected chi connectivity index (χ3v) is 26.0. The predicted octanol–water partition coefficient (Wildman–Crippen LogP) is 24.9. The Morgan fingerprint density at radius 3 is 1.10 bits per heavy atom. The quantitative estimate of drug-likeness (QED) is 0.172. The first-order valence-electron chi connectivity index (χ1n) is 36.8. The molecule has 18 aromatic rings. The van der Waals surface area contributed by atoms with E-state index in [9.17, 15) is 0 Å². The Bertz CT molecular complexity index is 6660. The lowest BCUT2D eigenvalue weighted by atomic mass is 9.52. The lowest BCUT2D eigenvalue weighted by Crippen LogP contribution is -2.43. The second-order valence-electron chi connectivity index (χ2n) is 29.5. The average Bonchev–Trinajstić information content (AvgIpc) is 1.48. The van der Waals surface area contributed by atoms with Crippen molar-refractivity contribution in [2.45, 2.75) is 21.7 Å². The van der Waals surface area contributed by atoms with Gasteiger partial charge in [0.25, 0.3) is 0 Å². The first kappa shape index (κ1) is 58.4. The fourth-order valence-electron chi connectivity index (χ4n) is 21.0. The molecule has 0 amide bonds. The molecule has 0 saturated carbocycles. The predicted molar refractivity (Wildman–Crippen MR) is 431 cm³/mol. The Hall–Kier alpha value is -13.1.